The van der Waals surface area contributed by atoms with Gasteiger partial charge in [-0.2, -0.15) is 0 Å². The number of anilines is 1. The molecular formula is C10H13N5O. The first-order valence-corrected chi connectivity index (χ1v) is 4.97. The van der Waals surface area contributed by atoms with Crippen LogP contribution in [0.3, 0.4) is 0 Å². The third-order valence-electron chi connectivity index (χ3n) is 2.10. The summed E-state index contributed by atoms with van der Waals surface area (Å²) in [5, 5.41) is 10.8. The van der Waals surface area contributed by atoms with Crippen LogP contribution < -0.4 is 10.1 Å². The number of methoxy groups -OCH3 is 1. The largest absolute Gasteiger partial charge is 0.493 e. The zero-order valence-corrected chi connectivity index (χ0v) is 9.00. The summed E-state index contributed by atoms with van der Waals surface area (Å²) in [5.74, 6) is 1.48. The molecule has 2 aromatic heterocycles. The normalized spacial score (nSPS) is 10.1. The number of ether oxygens (including phenoxy) is 1. The summed E-state index contributed by atoms with van der Waals surface area (Å²) in [4.78, 5) is 4.19. The monoisotopic (exact) mass is 219 g/mol. The van der Waals surface area contributed by atoms with E-state index < -0.39 is 0 Å². The second-order valence-corrected chi connectivity index (χ2v) is 3.15. The minimum Gasteiger partial charge on any atom is -0.493 e. The molecule has 0 amide bonds. The fraction of sp³-hybridized carbons (Fsp3) is 0.300. The summed E-state index contributed by atoms with van der Waals surface area (Å²) in [6, 6.07) is 3.70. The van der Waals surface area contributed by atoms with Gasteiger partial charge < -0.3 is 10.1 Å². The predicted molar refractivity (Wildman–Crippen MR) is 59.3 cm³/mol. The van der Waals surface area contributed by atoms with Crippen molar-refractivity contribution in [3.8, 4) is 5.75 Å². The van der Waals surface area contributed by atoms with Crippen molar-refractivity contribution in [3.05, 3.63) is 30.7 Å². The lowest BCUT2D eigenvalue weighted by atomic mass is 10.4. The zero-order chi connectivity index (χ0) is 11.2. The molecule has 0 bridgehead atoms. The third kappa shape index (κ3) is 2.47. The van der Waals surface area contributed by atoms with Gasteiger partial charge in [-0.1, -0.05) is 5.21 Å². The number of rotatable bonds is 5. The molecule has 0 aliphatic carbocycles. The molecule has 0 saturated carbocycles. The Morgan fingerprint density at radius 3 is 3.12 bits per heavy atom. The Hall–Kier alpha value is -2.11. The van der Waals surface area contributed by atoms with Gasteiger partial charge in [-0.05, 0) is 12.1 Å². The highest BCUT2D eigenvalue weighted by molar-refractivity contribution is 5.49. The van der Waals surface area contributed by atoms with E-state index in [0.29, 0.717) is 0 Å². The van der Waals surface area contributed by atoms with Gasteiger partial charge in [0.25, 0.3) is 0 Å². The fourth-order valence-electron chi connectivity index (χ4n) is 1.33. The van der Waals surface area contributed by atoms with E-state index in [2.05, 4.69) is 20.6 Å². The quantitative estimate of drug-likeness (QED) is 0.805. The molecule has 0 unspecified atom stereocenters. The second kappa shape index (κ2) is 5.11. The van der Waals surface area contributed by atoms with Gasteiger partial charge in [0, 0.05) is 18.9 Å². The topological polar surface area (TPSA) is 64.9 Å². The molecule has 1 N–H and O–H groups in total. The van der Waals surface area contributed by atoms with Crippen molar-refractivity contribution in [1.82, 2.24) is 20.0 Å². The van der Waals surface area contributed by atoms with Crippen molar-refractivity contribution >= 4 is 5.82 Å². The van der Waals surface area contributed by atoms with E-state index in [0.717, 1.165) is 24.7 Å². The van der Waals surface area contributed by atoms with E-state index >= 15 is 0 Å². The third-order valence-corrected chi connectivity index (χ3v) is 2.10. The van der Waals surface area contributed by atoms with E-state index in [1.54, 1.807) is 24.2 Å². The summed E-state index contributed by atoms with van der Waals surface area (Å²) in [6.45, 7) is 1.45. The van der Waals surface area contributed by atoms with Crippen LogP contribution in [0.4, 0.5) is 5.82 Å². The lowest BCUT2D eigenvalue weighted by Crippen LogP contribution is -2.12. The molecule has 0 aliphatic heterocycles. The summed E-state index contributed by atoms with van der Waals surface area (Å²) >= 11 is 0. The SMILES string of the molecule is COc1cccnc1NCCn1ccnn1. The lowest BCUT2D eigenvalue weighted by molar-refractivity contribution is 0.414. The molecule has 6 nitrogen and oxygen atoms in total. The van der Waals surface area contributed by atoms with E-state index in [1.807, 2.05) is 18.3 Å². The van der Waals surface area contributed by atoms with Gasteiger partial charge in [0.15, 0.2) is 11.6 Å². The highest BCUT2D eigenvalue weighted by Crippen LogP contribution is 2.19. The molecule has 0 aromatic carbocycles. The van der Waals surface area contributed by atoms with Crippen molar-refractivity contribution in [1.29, 1.82) is 0 Å². The highest BCUT2D eigenvalue weighted by atomic mass is 16.5. The van der Waals surface area contributed by atoms with Gasteiger partial charge in [0.1, 0.15) is 0 Å². The number of pyridine rings is 1. The standard InChI is InChI=1S/C10H13N5O/c1-16-9-3-2-4-11-10(9)12-5-7-15-8-6-13-14-15/h2-4,6,8H,5,7H2,1H3,(H,11,12). The van der Waals surface area contributed by atoms with Crippen LogP contribution in [0.15, 0.2) is 30.7 Å². The Bertz CT molecular complexity index is 429. The van der Waals surface area contributed by atoms with Crippen molar-refractivity contribution in [2.45, 2.75) is 6.54 Å². The number of nitrogens with one attached hydrogen (secondary N) is 1. The first kappa shape index (κ1) is 10.4. The maximum Gasteiger partial charge on any atom is 0.168 e. The van der Waals surface area contributed by atoms with Crippen LogP contribution in [0, 0.1) is 0 Å². The van der Waals surface area contributed by atoms with Gasteiger partial charge in [0.05, 0.1) is 19.9 Å². The van der Waals surface area contributed by atoms with Crippen molar-refractivity contribution in [2.75, 3.05) is 19.0 Å². The summed E-state index contributed by atoms with van der Waals surface area (Å²) < 4.78 is 6.93. The van der Waals surface area contributed by atoms with Crippen LogP contribution in [0.2, 0.25) is 0 Å². The van der Waals surface area contributed by atoms with Gasteiger partial charge in [0.2, 0.25) is 0 Å². The van der Waals surface area contributed by atoms with E-state index in [-0.39, 0.29) is 0 Å². The van der Waals surface area contributed by atoms with E-state index in [4.69, 9.17) is 4.74 Å². The average molecular weight is 219 g/mol. The fourth-order valence-corrected chi connectivity index (χ4v) is 1.33. The summed E-state index contributed by atoms with van der Waals surface area (Å²) in [6.07, 6.45) is 5.19. The minimum atomic E-state index is 0.719. The number of hydrogen-bond donors (Lipinski definition) is 1. The Labute approximate surface area is 93.3 Å². The molecule has 6 heteroatoms. The number of nitrogens with zero attached hydrogens (tertiary/aromatic N) is 4. The second-order valence-electron chi connectivity index (χ2n) is 3.15. The smallest absolute Gasteiger partial charge is 0.168 e. The van der Waals surface area contributed by atoms with Crippen LogP contribution in [0.5, 0.6) is 5.75 Å². The average Bonchev–Trinajstić information content (AvgIpc) is 2.83. The number of hydrogen-bond acceptors (Lipinski definition) is 5. The predicted octanol–water partition coefficient (Wildman–Crippen LogP) is 0.794. The maximum absolute atomic E-state index is 5.17. The zero-order valence-electron chi connectivity index (χ0n) is 9.00. The molecule has 2 aromatic rings. The van der Waals surface area contributed by atoms with Crippen molar-refractivity contribution in [3.63, 3.8) is 0 Å². The molecule has 0 saturated heterocycles. The molecule has 0 atom stereocenters. The maximum atomic E-state index is 5.17. The van der Waals surface area contributed by atoms with Gasteiger partial charge in [-0.15, -0.1) is 5.10 Å². The molecule has 84 valence electrons. The Kier molecular flexibility index (Phi) is 3.32. The molecule has 0 aliphatic rings. The first-order chi connectivity index (χ1) is 7.90. The van der Waals surface area contributed by atoms with Gasteiger partial charge in [-0.3, -0.25) is 4.68 Å². The molecule has 16 heavy (non-hydrogen) atoms. The summed E-state index contributed by atoms with van der Waals surface area (Å²) in [7, 11) is 1.62. The molecule has 0 radical (unpaired) electrons. The Balaban J connectivity index is 1.89. The van der Waals surface area contributed by atoms with Gasteiger partial charge >= 0.3 is 0 Å². The van der Waals surface area contributed by atoms with E-state index in [1.165, 1.54) is 0 Å². The van der Waals surface area contributed by atoms with Gasteiger partial charge in [-0.25, -0.2) is 4.98 Å². The molecule has 2 heterocycles. The lowest BCUT2D eigenvalue weighted by Gasteiger charge is -2.09. The van der Waals surface area contributed by atoms with Crippen LogP contribution in [-0.4, -0.2) is 33.6 Å². The number of aromatic nitrogens is 4. The van der Waals surface area contributed by atoms with Crippen molar-refractivity contribution < 1.29 is 4.74 Å². The van der Waals surface area contributed by atoms with Crippen LogP contribution in [0.1, 0.15) is 0 Å². The Morgan fingerprint density at radius 2 is 2.38 bits per heavy atom. The van der Waals surface area contributed by atoms with Crippen molar-refractivity contribution in [2.24, 2.45) is 0 Å². The van der Waals surface area contributed by atoms with Crippen LogP contribution in [0.25, 0.3) is 0 Å². The highest BCUT2D eigenvalue weighted by Gasteiger charge is 2.01. The molecule has 0 spiro atoms. The Morgan fingerprint density at radius 1 is 1.44 bits per heavy atom. The minimum absolute atomic E-state index is 0.719. The molecule has 2 rings (SSSR count). The summed E-state index contributed by atoms with van der Waals surface area (Å²) in [5.41, 5.74) is 0. The molecular weight excluding hydrogens is 206 g/mol. The van der Waals surface area contributed by atoms with Crippen LogP contribution >= 0.6 is 0 Å². The first-order valence-electron chi connectivity index (χ1n) is 4.97. The van der Waals surface area contributed by atoms with E-state index in [9.17, 15) is 0 Å². The van der Waals surface area contributed by atoms with Crippen LogP contribution in [-0.2, 0) is 6.54 Å². The molecule has 0 fully saturated rings.